The smallest absolute Gasteiger partial charge is 0.341 e. The van der Waals surface area contributed by atoms with Gasteiger partial charge in [-0.25, -0.2) is 4.79 Å². The van der Waals surface area contributed by atoms with E-state index in [0.717, 1.165) is 12.1 Å². The number of rotatable bonds is 4. The maximum Gasteiger partial charge on any atom is 0.341 e. The molecule has 0 bridgehead atoms. The molecule has 0 aliphatic rings. The van der Waals surface area contributed by atoms with Gasteiger partial charge in [0.2, 0.25) is 5.82 Å². The molecule has 110 valence electrons. The predicted molar refractivity (Wildman–Crippen MR) is 73.2 cm³/mol. The molecule has 0 saturated carbocycles. The molecule has 0 amide bonds. The molecule has 0 spiro atoms. The Hall–Kier alpha value is -2.90. The number of anilines is 1. The molecule has 8 heteroatoms. The highest BCUT2D eigenvalue weighted by Gasteiger charge is 2.19. The van der Waals surface area contributed by atoms with E-state index in [9.17, 15) is 19.3 Å². The highest BCUT2D eigenvalue weighted by atomic mass is 19.1. The molecule has 1 aromatic carbocycles. The normalized spacial score (nSPS) is 10.4. The Morgan fingerprint density at radius 2 is 2.19 bits per heavy atom. The number of nitrogens with zero attached hydrogens (tertiary/aromatic N) is 1. The molecular formula is C13H12FN3O4. The summed E-state index contributed by atoms with van der Waals surface area (Å²) in [4.78, 5) is 24.3. The number of nitrogens with two attached hydrogens (primary N) is 1. The number of carbonyl (C=O) groups is 1. The number of nitro benzene ring substituents is 1. The van der Waals surface area contributed by atoms with Crippen molar-refractivity contribution < 1.29 is 18.8 Å². The number of ether oxygens (including phenoxy) is 1. The Bertz CT molecular complexity index is 711. The van der Waals surface area contributed by atoms with Crippen LogP contribution in [-0.2, 0) is 4.74 Å². The molecule has 0 unspecified atom stereocenters. The topological polar surface area (TPSA) is 111 Å². The Balaban J connectivity index is 2.44. The van der Waals surface area contributed by atoms with E-state index in [2.05, 4.69) is 4.98 Å². The number of H-pyrrole nitrogens is 1. The van der Waals surface area contributed by atoms with Crippen molar-refractivity contribution in [2.45, 2.75) is 6.92 Å². The number of halogens is 1. The largest absolute Gasteiger partial charge is 0.462 e. The molecule has 21 heavy (non-hydrogen) atoms. The van der Waals surface area contributed by atoms with Crippen LogP contribution in [0.5, 0.6) is 0 Å². The van der Waals surface area contributed by atoms with E-state index in [0.29, 0.717) is 11.3 Å². The highest BCUT2D eigenvalue weighted by Crippen LogP contribution is 2.28. The standard InChI is InChI=1S/C13H12FN3O4/c1-2-21-13(18)8-6-10(16-12(8)15)7-3-4-9(14)11(5-7)17(19)20/h3-6,16H,2,15H2,1H3. The van der Waals surface area contributed by atoms with E-state index in [1.807, 2.05) is 0 Å². The summed E-state index contributed by atoms with van der Waals surface area (Å²) in [6.07, 6.45) is 0. The van der Waals surface area contributed by atoms with Crippen molar-refractivity contribution in [3.8, 4) is 11.3 Å². The molecule has 2 rings (SSSR count). The summed E-state index contributed by atoms with van der Waals surface area (Å²) in [6, 6.07) is 4.80. The van der Waals surface area contributed by atoms with Gasteiger partial charge in [0.25, 0.3) is 0 Å². The van der Waals surface area contributed by atoms with E-state index in [4.69, 9.17) is 10.5 Å². The second kappa shape index (κ2) is 5.61. The SMILES string of the molecule is CCOC(=O)c1cc(-c2ccc(F)c([N+](=O)[O-])c2)[nH]c1N. The van der Waals surface area contributed by atoms with Crippen LogP contribution >= 0.6 is 0 Å². The Kier molecular flexibility index (Phi) is 3.88. The van der Waals surface area contributed by atoms with Gasteiger partial charge in [-0.1, -0.05) is 0 Å². The van der Waals surface area contributed by atoms with Gasteiger partial charge in [-0.15, -0.1) is 0 Å². The number of esters is 1. The summed E-state index contributed by atoms with van der Waals surface area (Å²) >= 11 is 0. The molecule has 7 nitrogen and oxygen atoms in total. The highest BCUT2D eigenvalue weighted by molar-refractivity contribution is 5.96. The van der Waals surface area contributed by atoms with Crippen molar-refractivity contribution in [3.05, 3.63) is 45.8 Å². The first-order chi connectivity index (χ1) is 9.93. The van der Waals surface area contributed by atoms with Gasteiger partial charge in [-0.3, -0.25) is 10.1 Å². The molecule has 0 radical (unpaired) electrons. The first kappa shape index (κ1) is 14.5. The fraction of sp³-hybridized carbons (Fsp3) is 0.154. The predicted octanol–water partition coefficient (Wildman–Crippen LogP) is 2.49. The molecule has 0 aliphatic carbocycles. The van der Waals surface area contributed by atoms with Gasteiger partial charge < -0.3 is 15.5 Å². The van der Waals surface area contributed by atoms with Crippen LogP contribution in [0.15, 0.2) is 24.3 Å². The molecule has 0 fully saturated rings. The average Bonchev–Trinajstić information content (AvgIpc) is 2.81. The van der Waals surface area contributed by atoms with Gasteiger partial charge in [0.1, 0.15) is 11.4 Å². The zero-order valence-electron chi connectivity index (χ0n) is 11.1. The fourth-order valence-corrected chi connectivity index (χ4v) is 1.82. The number of nitrogens with one attached hydrogen (secondary N) is 1. The molecule has 1 aromatic heterocycles. The summed E-state index contributed by atoms with van der Waals surface area (Å²) in [6.45, 7) is 1.85. The maximum atomic E-state index is 13.3. The van der Waals surface area contributed by atoms with E-state index < -0.39 is 22.4 Å². The Morgan fingerprint density at radius 1 is 1.48 bits per heavy atom. The van der Waals surface area contributed by atoms with Gasteiger partial charge in [0.15, 0.2) is 0 Å². The van der Waals surface area contributed by atoms with Gasteiger partial charge in [0, 0.05) is 17.3 Å². The minimum Gasteiger partial charge on any atom is -0.462 e. The third-order valence-electron chi connectivity index (χ3n) is 2.80. The zero-order chi connectivity index (χ0) is 15.6. The van der Waals surface area contributed by atoms with Crippen molar-refractivity contribution in [3.63, 3.8) is 0 Å². The van der Waals surface area contributed by atoms with E-state index in [-0.39, 0.29) is 18.0 Å². The third kappa shape index (κ3) is 2.83. The lowest BCUT2D eigenvalue weighted by atomic mass is 10.1. The molecule has 1 heterocycles. The minimum absolute atomic E-state index is 0.0791. The van der Waals surface area contributed by atoms with Crippen molar-refractivity contribution in [1.82, 2.24) is 4.98 Å². The van der Waals surface area contributed by atoms with Crippen molar-refractivity contribution >= 4 is 17.5 Å². The van der Waals surface area contributed by atoms with Gasteiger partial charge in [0.05, 0.1) is 11.5 Å². The quantitative estimate of drug-likeness (QED) is 0.511. The zero-order valence-corrected chi connectivity index (χ0v) is 11.1. The average molecular weight is 293 g/mol. The Labute approximate surface area is 118 Å². The number of nitrogen functional groups attached to an aromatic ring is 1. The number of carbonyl (C=O) groups excluding carboxylic acids is 1. The van der Waals surface area contributed by atoms with Crippen molar-refractivity contribution in [2.24, 2.45) is 0 Å². The molecular weight excluding hydrogens is 281 g/mol. The first-order valence-corrected chi connectivity index (χ1v) is 6.04. The van der Waals surface area contributed by atoms with Crippen LogP contribution in [0.3, 0.4) is 0 Å². The molecule has 0 aliphatic heterocycles. The molecule has 0 atom stereocenters. The second-order valence-electron chi connectivity index (χ2n) is 4.15. The Morgan fingerprint density at radius 3 is 2.81 bits per heavy atom. The molecule has 3 N–H and O–H groups in total. The summed E-state index contributed by atoms with van der Waals surface area (Å²) in [5.41, 5.74) is 5.84. The van der Waals surface area contributed by atoms with E-state index in [1.165, 1.54) is 12.1 Å². The number of hydrogen-bond donors (Lipinski definition) is 2. The van der Waals surface area contributed by atoms with Gasteiger partial charge in [-0.2, -0.15) is 4.39 Å². The number of aromatic amines is 1. The lowest BCUT2D eigenvalue weighted by Gasteiger charge is -1.99. The molecule has 0 saturated heterocycles. The lowest BCUT2D eigenvalue weighted by Crippen LogP contribution is -2.05. The third-order valence-corrected chi connectivity index (χ3v) is 2.80. The number of hydrogen-bond acceptors (Lipinski definition) is 5. The summed E-state index contributed by atoms with van der Waals surface area (Å²) in [7, 11) is 0. The van der Waals surface area contributed by atoms with Crippen LogP contribution in [0.4, 0.5) is 15.9 Å². The minimum atomic E-state index is -0.936. The van der Waals surface area contributed by atoms with Crippen molar-refractivity contribution in [1.29, 1.82) is 0 Å². The summed E-state index contributed by atoms with van der Waals surface area (Å²) in [5, 5.41) is 10.7. The lowest BCUT2D eigenvalue weighted by molar-refractivity contribution is -0.387. The monoisotopic (exact) mass is 293 g/mol. The van der Waals surface area contributed by atoms with Crippen LogP contribution in [-0.4, -0.2) is 22.5 Å². The van der Waals surface area contributed by atoms with Crippen LogP contribution in [0.2, 0.25) is 0 Å². The van der Waals surface area contributed by atoms with Crippen LogP contribution in [0.1, 0.15) is 17.3 Å². The van der Waals surface area contributed by atoms with Gasteiger partial charge >= 0.3 is 11.7 Å². The molecule has 2 aromatic rings. The second-order valence-corrected chi connectivity index (χ2v) is 4.15. The summed E-state index contributed by atoms with van der Waals surface area (Å²) in [5.74, 6) is -1.46. The fourth-order valence-electron chi connectivity index (χ4n) is 1.82. The number of benzene rings is 1. The van der Waals surface area contributed by atoms with Crippen molar-refractivity contribution in [2.75, 3.05) is 12.3 Å². The van der Waals surface area contributed by atoms with Crippen LogP contribution < -0.4 is 5.73 Å². The number of nitro groups is 1. The van der Waals surface area contributed by atoms with E-state index in [1.54, 1.807) is 6.92 Å². The summed E-state index contributed by atoms with van der Waals surface area (Å²) < 4.78 is 18.1. The van der Waals surface area contributed by atoms with Crippen LogP contribution in [0.25, 0.3) is 11.3 Å². The van der Waals surface area contributed by atoms with Crippen LogP contribution in [0, 0.1) is 15.9 Å². The maximum absolute atomic E-state index is 13.3. The number of aromatic nitrogens is 1. The van der Waals surface area contributed by atoms with E-state index >= 15 is 0 Å². The van der Waals surface area contributed by atoms with Gasteiger partial charge in [-0.05, 0) is 25.1 Å². The first-order valence-electron chi connectivity index (χ1n) is 6.04.